The molecule has 0 bridgehead atoms. The maximum Gasteiger partial charge on any atom is 0.0991 e. The molecule has 0 atom stereocenters. The number of hydrogen-bond acceptors (Lipinski definition) is 1. The summed E-state index contributed by atoms with van der Waals surface area (Å²) >= 11 is 0. The van der Waals surface area contributed by atoms with Crippen molar-refractivity contribution in [3.8, 4) is 17.2 Å². The van der Waals surface area contributed by atoms with Crippen molar-refractivity contribution < 1.29 is 4.39 Å². The van der Waals surface area contributed by atoms with Crippen molar-refractivity contribution in [2.45, 2.75) is 57.8 Å². The minimum absolute atomic E-state index is 0.236. The van der Waals surface area contributed by atoms with Crippen molar-refractivity contribution in [2.24, 2.45) is 11.8 Å². The molecule has 2 aromatic rings. The van der Waals surface area contributed by atoms with Crippen LogP contribution in [0, 0.1) is 23.2 Å². The van der Waals surface area contributed by atoms with Gasteiger partial charge in [-0.25, -0.2) is 0 Å². The predicted octanol–water partition coefficient (Wildman–Crippen LogP) is 7.66. The lowest BCUT2D eigenvalue weighted by Gasteiger charge is -2.28. The fourth-order valence-corrected chi connectivity index (χ4v) is 4.41. The van der Waals surface area contributed by atoms with Gasteiger partial charge in [-0.15, -0.1) is 0 Å². The Kier molecular flexibility index (Phi) is 8.50. The molecule has 0 spiro atoms. The highest BCUT2D eigenvalue weighted by molar-refractivity contribution is 5.64. The van der Waals surface area contributed by atoms with Gasteiger partial charge in [-0.05, 0) is 72.8 Å². The minimum atomic E-state index is -0.236. The predicted molar refractivity (Wildman–Crippen MR) is 119 cm³/mol. The van der Waals surface area contributed by atoms with Crippen molar-refractivity contribution in [2.75, 3.05) is 6.67 Å². The number of alkyl halides is 1. The van der Waals surface area contributed by atoms with E-state index < -0.39 is 0 Å². The molecule has 0 radical (unpaired) electrons. The van der Waals surface area contributed by atoms with Gasteiger partial charge in [0.15, 0.2) is 0 Å². The highest BCUT2D eigenvalue weighted by atomic mass is 19.1. The summed E-state index contributed by atoms with van der Waals surface area (Å²) in [6.07, 6.45) is 15.0. The Hall–Kier alpha value is -2.40. The van der Waals surface area contributed by atoms with Crippen molar-refractivity contribution in [1.29, 1.82) is 5.26 Å². The van der Waals surface area contributed by atoms with Gasteiger partial charge in [-0.2, -0.15) is 5.26 Å². The Bertz CT molecular complexity index is 790. The molecule has 29 heavy (non-hydrogen) atoms. The summed E-state index contributed by atoms with van der Waals surface area (Å²) in [5.41, 5.74) is 4.49. The first-order valence-electron chi connectivity index (χ1n) is 11.1. The Balaban J connectivity index is 1.39. The van der Waals surface area contributed by atoms with Crippen molar-refractivity contribution in [3.63, 3.8) is 0 Å². The number of nitrogens with zero attached hydrogens (tertiary/aromatic N) is 1. The van der Waals surface area contributed by atoms with E-state index in [0.29, 0.717) is 12.0 Å². The van der Waals surface area contributed by atoms with E-state index in [1.165, 1.54) is 49.7 Å². The van der Waals surface area contributed by atoms with Crippen LogP contribution in [0.1, 0.15) is 62.5 Å². The fourth-order valence-electron chi connectivity index (χ4n) is 4.41. The summed E-state index contributed by atoms with van der Waals surface area (Å²) < 4.78 is 12.1. The molecule has 0 N–H and O–H groups in total. The van der Waals surface area contributed by atoms with Crippen LogP contribution in [0.3, 0.4) is 0 Å². The summed E-state index contributed by atoms with van der Waals surface area (Å²) in [7, 11) is 0. The van der Waals surface area contributed by atoms with Crippen LogP contribution in [0.15, 0.2) is 60.7 Å². The van der Waals surface area contributed by atoms with Gasteiger partial charge in [0.2, 0.25) is 0 Å². The Morgan fingerprint density at radius 3 is 1.93 bits per heavy atom. The van der Waals surface area contributed by atoms with Gasteiger partial charge in [-0.3, -0.25) is 4.39 Å². The fraction of sp³-hybridized carbons (Fsp3) is 0.444. The molecular weight excluding hydrogens is 357 g/mol. The van der Waals surface area contributed by atoms with Crippen molar-refractivity contribution in [1.82, 2.24) is 0 Å². The molecular formula is C27H32FN. The third kappa shape index (κ3) is 6.86. The largest absolute Gasteiger partial charge is 0.251 e. The molecule has 3 rings (SSSR count). The third-order valence-electron chi connectivity index (χ3n) is 6.29. The normalized spacial score (nSPS) is 19.3. The number of aryl methyl sites for hydroxylation is 1. The maximum absolute atomic E-state index is 12.1. The molecule has 0 unspecified atom stereocenters. The molecule has 0 amide bonds. The van der Waals surface area contributed by atoms with E-state index in [1.807, 2.05) is 30.3 Å². The lowest BCUT2D eigenvalue weighted by Crippen LogP contribution is -2.15. The van der Waals surface area contributed by atoms with Crippen LogP contribution < -0.4 is 0 Å². The average Bonchev–Trinajstić information content (AvgIpc) is 2.79. The lowest BCUT2D eigenvalue weighted by molar-refractivity contribution is 0.254. The Morgan fingerprint density at radius 1 is 0.793 bits per heavy atom. The van der Waals surface area contributed by atoms with E-state index in [-0.39, 0.29) is 6.67 Å². The average molecular weight is 390 g/mol. The van der Waals surface area contributed by atoms with Crippen molar-refractivity contribution in [3.05, 3.63) is 71.8 Å². The smallest absolute Gasteiger partial charge is 0.0991 e. The summed E-state index contributed by atoms with van der Waals surface area (Å²) in [5, 5.41) is 8.92. The minimum Gasteiger partial charge on any atom is -0.251 e. The van der Waals surface area contributed by atoms with E-state index >= 15 is 0 Å². The third-order valence-corrected chi connectivity index (χ3v) is 6.29. The summed E-state index contributed by atoms with van der Waals surface area (Å²) in [4.78, 5) is 0. The number of benzene rings is 2. The standard InChI is InChI=1S/C27H32FN/c28-20-4-2-1-3-5-22-6-8-23(9-7-22)10-11-24-12-16-26(17-13-24)27-18-14-25(21-29)15-19-27/h1-2,12-19,22-23H,3-11,20H2/b2-1+/t22-,23-. The SMILES string of the molecule is N#Cc1ccc(-c2ccc(CC[C@H]3CC[C@H](CC/C=C/CCF)CC3)cc2)cc1. The molecule has 152 valence electrons. The van der Waals surface area contributed by atoms with E-state index in [9.17, 15) is 4.39 Å². The Labute approximate surface area is 175 Å². The first kappa shape index (κ1) is 21.3. The topological polar surface area (TPSA) is 23.8 Å². The van der Waals surface area contributed by atoms with Gasteiger partial charge in [-0.1, -0.05) is 74.2 Å². The van der Waals surface area contributed by atoms with Gasteiger partial charge >= 0.3 is 0 Å². The zero-order valence-electron chi connectivity index (χ0n) is 17.3. The van der Waals surface area contributed by atoms with E-state index in [0.717, 1.165) is 30.2 Å². The van der Waals surface area contributed by atoms with Crippen molar-refractivity contribution >= 4 is 0 Å². The quantitative estimate of drug-likeness (QED) is 0.404. The highest BCUT2D eigenvalue weighted by Gasteiger charge is 2.20. The molecule has 0 heterocycles. The molecule has 1 aliphatic carbocycles. The monoisotopic (exact) mass is 389 g/mol. The van der Waals surface area contributed by atoms with Gasteiger partial charge < -0.3 is 0 Å². The first-order chi connectivity index (χ1) is 14.3. The molecule has 0 aliphatic heterocycles. The molecule has 0 saturated heterocycles. The lowest BCUT2D eigenvalue weighted by atomic mass is 9.78. The molecule has 2 heteroatoms. The maximum atomic E-state index is 12.1. The molecule has 0 aromatic heterocycles. The number of allylic oxidation sites excluding steroid dienone is 2. The molecule has 1 nitrogen and oxygen atoms in total. The summed E-state index contributed by atoms with van der Waals surface area (Å²) in [6.45, 7) is -0.236. The number of hydrogen-bond donors (Lipinski definition) is 0. The Morgan fingerprint density at radius 2 is 1.34 bits per heavy atom. The van der Waals surface area contributed by atoms with Crippen LogP contribution in [0.2, 0.25) is 0 Å². The second kappa shape index (κ2) is 11.6. The molecule has 1 aliphatic rings. The molecule has 1 saturated carbocycles. The van der Waals surface area contributed by atoms with E-state index in [1.54, 1.807) is 0 Å². The molecule has 1 fully saturated rings. The van der Waals surface area contributed by atoms with Crippen LogP contribution in [-0.2, 0) is 6.42 Å². The summed E-state index contributed by atoms with van der Waals surface area (Å²) in [6, 6.07) is 18.9. The number of rotatable bonds is 9. The van der Waals surface area contributed by atoms with Crippen LogP contribution >= 0.6 is 0 Å². The van der Waals surface area contributed by atoms with E-state index in [4.69, 9.17) is 5.26 Å². The summed E-state index contributed by atoms with van der Waals surface area (Å²) in [5.74, 6) is 1.74. The zero-order chi connectivity index (χ0) is 20.3. The zero-order valence-corrected chi connectivity index (χ0v) is 17.3. The van der Waals surface area contributed by atoms with Crippen LogP contribution in [0.25, 0.3) is 11.1 Å². The van der Waals surface area contributed by atoms with Crippen LogP contribution in [-0.4, -0.2) is 6.67 Å². The number of nitriles is 1. The van der Waals surface area contributed by atoms with E-state index in [2.05, 4.69) is 36.4 Å². The second-order valence-electron chi connectivity index (χ2n) is 8.34. The van der Waals surface area contributed by atoms with Gasteiger partial charge in [0.25, 0.3) is 0 Å². The highest BCUT2D eigenvalue weighted by Crippen LogP contribution is 2.34. The van der Waals surface area contributed by atoms with Crippen LogP contribution in [0.5, 0.6) is 0 Å². The van der Waals surface area contributed by atoms with Gasteiger partial charge in [0, 0.05) is 0 Å². The van der Waals surface area contributed by atoms with Gasteiger partial charge in [0.05, 0.1) is 18.3 Å². The van der Waals surface area contributed by atoms with Crippen LogP contribution in [0.4, 0.5) is 4.39 Å². The second-order valence-corrected chi connectivity index (χ2v) is 8.34. The molecule has 2 aromatic carbocycles. The number of halogens is 1. The first-order valence-corrected chi connectivity index (χ1v) is 11.1. The van der Waals surface area contributed by atoms with Gasteiger partial charge in [0.1, 0.15) is 0 Å².